The first-order valence-electron chi connectivity index (χ1n) is 11.4. The molecular formula is C22H36N4O4. The number of aryl methyl sites for hydroxylation is 1. The van der Waals surface area contributed by atoms with E-state index in [0.717, 1.165) is 70.9 Å². The smallest absolute Gasteiger partial charge is 0.326 e. The zero-order valence-corrected chi connectivity index (χ0v) is 18.4. The number of hydrogen-bond donors (Lipinski definition) is 0. The molecule has 1 aromatic rings. The minimum absolute atomic E-state index is 0.0727. The minimum Gasteiger partial charge on any atom is -0.461 e. The second-order valence-electron chi connectivity index (χ2n) is 8.32. The van der Waals surface area contributed by atoms with Crippen LogP contribution in [0.3, 0.4) is 0 Å². The lowest BCUT2D eigenvalue weighted by Crippen LogP contribution is -2.50. The molecule has 1 atom stereocenters. The van der Waals surface area contributed by atoms with Crippen LogP contribution in [-0.2, 0) is 32.0 Å². The van der Waals surface area contributed by atoms with Crippen LogP contribution >= 0.6 is 0 Å². The fourth-order valence-electron chi connectivity index (χ4n) is 4.38. The molecule has 1 amide bonds. The highest BCUT2D eigenvalue weighted by Crippen LogP contribution is 2.19. The molecule has 0 aliphatic carbocycles. The number of carbonyl (C=O) groups is 2. The third-order valence-corrected chi connectivity index (χ3v) is 6.07. The summed E-state index contributed by atoms with van der Waals surface area (Å²) in [7, 11) is 0. The lowest BCUT2D eigenvalue weighted by Gasteiger charge is -2.40. The summed E-state index contributed by atoms with van der Waals surface area (Å²) in [4.78, 5) is 33.6. The summed E-state index contributed by atoms with van der Waals surface area (Å²) in [5, 5.41) is 0. The SMILES string of the molecule is CCCC(C)OC(=O)Cn1ccnc1CCC(=O)N1CCC(N2CCOCC2)CC1. The van der Waals surface area contributed by atoms with Crippen molar-refractivity contribution in [3.05, 3.63) is 18.2 Å². The first kappa shape index (κ1) is 22.7. The van der Waals surface area contributed by atoms with E-state index in [4.69, 9.17) is 9.47 Å². The Morgan fingerprint density at radius 2 is 1.97 bits per heavy atom. The number of amides is 1. The van der Waals surface area contributed by atoms with Crippen molar-refractivity contribution in [2.75, 3.05) is 39.4 Å². The molecule has 0 aromatic carbocycles. The molecule has 1 aromatic heterocycles. The maximum absolute atomic E-state index is 12.7. The average molecular weight is 421 g/mol. The van der Waals surface area contributed by atoms with E-state index in [2.05, 4.69) is 16.8 Å². The summed E-state index contributed by atoms with van der Waals surface area (Å²) in [6.07, 6.45) is 8.24. The summed E-state index contributed by atoms with van der Waals surface area (Å²) in [6, 6.07) is 0.568. The molecular weight excluding hydrogens is 384 g/mol. The molecule has 2 aliphatic heterocycles. The summed E-state index contributed by atoms with van der Waals surface area (Å²) < 4.78 is 12.7. The number of carbonyl (C=O) groups excluding carboxylic acids is 2. The van der Waals surface area contributed by atoms with Gasteiger partial charge in [0.1, 0.15) is 12.4 Å². The van der Waals surface area contributed by atoms with E-state index in [0.29, 0.717) is 18.9 Å². The second-order valence-corrected chi connectivity index (χ2v) is 8.32. The Bertz CT molecular complexity index is 678. The van der Waals surface area contributed by atoms with Gasteiger partial charge in [-0.3, -0.25) is 14.5 Å². The molecule has 0 radical (unpaired) electrons. The van der Waals surface area contributed by atoms with Crippen molar-refractivity contribution in [1.82, 2.24) is 19.4 Å². The Morgan fingerprint density at radius 1 is 1.23 bits per heavy atom. The van der Waals surface area contributed by atoms with Crippen LogP contribution in [0.15, 0.2) is 12.4 Å². The van der Waals surface area contributed by atoms with Crippen LogP contribution in [0.25, 0.3) is 0 Å². The molecule has 3 rings (SSSR count). The predicted octanol–water partition coefficient (Wildman–Crippen LogP) is 1.87. The van der Waals surface area contributed by atoms with E-state index >= 15 is 0 Å². The van der Waals surface area contributed by atoms with Gasteiger partial charge >= 0.3 is 5.97 Å². The van der Waals surface area contributed by atoms with Crippen molar-refractivity contribution >= 4 is 11.9 Å². The molecule has 2 saturated heterocycles. The highest BCUT2D eigenvalue weighted by molar-refractivity contribution is 5.76. The monoisotopic (exact) mass is 420 g/mol. The lowest BCUT2D eigenvalue weighted by atomic mass is 10.0. The first-order chi connectivity index (χ1) is 14.6. The maximum Gasteiger partial charge on any atom is 0.326 e. The Labute approximate surface area is 179 Å². The number of hydrogen-bond acceptors (Lipinski definition) is 6. The Kier molecular flexibility index (Phi) is 8.69. The standard InChI is InChI=1S/C22H36N4O4/c1-3-4-18(2)30-22(28)17-26-12-9-23-20(26)5-6-21(27)25-10-7-19(8-11-25)24-13-15-29-16-14-24/h9,12,18-19H,3-8,10-11,13-17H2,1-2H3. The van der Waals surface area contributed by atoms with Crippen LogP contribution in [0.5, 0.6) is 0 Å². The summed E-state index contributed by atoms with van der Waals surface area (Å²) in [6.45, 7) is 9.39. The van der Waals surface area contributed by atoms with E-state index < -0.39 is 0 Å². The molecule has 30 heavy (non-hydrogen) atoms. The maximum atomic E-state index is 12.7. The number of aromatic nitrogens is 2. The van der Waals surface area contributed by atoms with Gasteiger partial charge in [-0.25, -0.2) is 4.98 Å². The molecule has 3 heterocycles. The minimum atomic E-state index is -0.258. The van der Waals surface area contributed by atoms with Gasteiger partial charge < -0.3 is 18.9 Å². The van der Waals surface area contributed by atoms with Crippen LogP contribution in [0.2, 0.25) is 0 Å². The topological polar surface area (TPSA) is 76.9 Å². The predicted molar refractivity (Wildman–Crippen MR) is 113 cm³/mol. The fourth-order valence-corrected chi connectivity index (χ4v) is 4.38. The number of ether oxygens (including phenoxy) is 2. The Balaban J connectivity index is 1.41. The number of imidazole rings is 1. The molecule has 0 saturated carbocycles. The van der Waals surface area contributed by atoms with Crippen LogP contribution in [-0.4, -0.2) is 82.8 Å². The summed E-state index contributed by atoms with van der Waals surface area (Å²) >= 11 is 0. The molecule has 8 nitrogen and oxygen atoms in total. The van der Waals surface area contributed by atoms with Gasteiger partial charge in [-0.15, -0.1) is 0 Å². The number of likely N-dealkylation sites (tertiary alicyclic amines) is 1. The van der Waals surface area contributed by atoms with E-state index in [1.54, 1.807) is 17.0 Å². The van der Waals surface area contributed by atoms with E-state index in [1.807, 2.05) is 11.8 Å². The second kappa shape index (κ2) is 11.5. The molecule has 2 aliphatic rings. The van der Waals surface area contributed by atoms with E-state index in [-0.39, 0.29) is 24.5 Å². The van der Waals surface area contributed by atoms with Crippen molar-refractivity contribution in [1.29, 1.82) is 0 Å². The zero-order chi connectivity index (χ0) is 21.3. The third kappa shape index (κ3) is 6.54. The van der Waals surface area contributed by atoms with Gasteiger partial charge in [-0.05, 0) is 26.2 Å². The van der Waals surface area contributed by atoms with E-state index in [1.165, 1.54) is 0 Å². The number of rotatable bonds is 9. The highest BCUT2D eigenvalue weighted by atomic mass is 16.5. The summed E-state index contributed by atoms with van der Waals surface area (Å²) in [5.41, 5.74) is 0. The van der Waals surface area contributed by atoms with Crippen LogP contribution in [0, 0.1) is 0 Å². The molecule has 168 valence electrons. The van der Waals surface area contributed by atoms with Crippen LogP contribution < -0.4 is 0 Å². The fraction of sp³-hybridized carbons (Fsp3) is 0.773. The van der Waals surface area contributed by atoms with Gasteiger partial charge in [-0.2, -0.15) is 0 Å². The highest BCUT2D eigenvalue weighted by Gasteiger charge is 2.27. The van der Waals surface area contributed by atoms with Crippen molar-refractivity contribution in [2.24, 2.45) is 0 Å². The van der Waals surface area contributed by atoms with Gasteiger partial charge in [0.2, 0.25) is 5.91 Å². The van der Waals surface area contributed by atoms with Gasteiger partial charge in [-0.1, -0.05) is 13.3 Å². The van der Waals surface area contributed by atoms with Crippen molar-refractivity contribution in [3.8, 4) is 0 Å². The van der Waals surface area contributed by atoms with Gasteiger partial charge in [0.05, 0.1) is 19.3 Å². The molecule has 2 fully saturated rings. The van der Waals surface area contributed by atoms with Crippen LogP contribution in [0.1, 0.15) is 51.8 Å². The number of nitrogens with zero attached hydrogens (tertiary/aromatic N) is 4. The summed E-state index contributed by atoms with van der Waals surface area (Å²) in [5.74, 6) is 0.669. The largest absolute Gasteiger partial charge is 0.461 e. The Hall–Kier alpha value is -1.93. The average Bonchev–Trinajstić information content (AvgIpc) is 3.19. The van der Waals surface area contributed by atoms with E-state index in [9.17, 15) is 9.59 Å². The first-order valence-corrected chi connectivity index (χ1v) is 11.4. The van der Waals surface area contributed by atoms with Gasteiger partial charge in [0.25, 0.3) is 0 Å². The number of morpholine rings is 1. The van der Waals surface area contributed by atoms with Gasteiger partial charge in [0.15, 0.2) is 0 Å². The Morgan fingerprint density at radius 3 is 2.67 bits per heavy atom. The van der Waals surface area contributed by atoms with Crippen LogP contribution in [0.4, 0.5) is 0 Å². The molecule has 0 N–H and O–H groups in total. The quantitative estimate of drug-likeness (QED) is 0.568. The van der Waals surface area contributed by atoms with Crippen molar-refractivity contribution in [3.63, 3.8) is 0 Å². The third-order valence-electron chi connectivity index (χ3n) is 6.07. The number of esters is 1. The molecule has 1 unspecified atom stereocenters. The zero-order valence-electron chi connectivity index (χ0n) is 18.4. The number of piperidine rings is 1. The molecule has 0 spiro atoms. The van der Waals surface area contributed by atoms with Crippen molar-refractivity contribution in [2.45, 2.75) is 71.1 Å². The molecule has 0 bridgehead atoms. The van der Waals surface area contributed by atoms with Crippen molar-refractivity contribution < 1.29 is 19.1 Å². The van der Waals surface area contributed by atoms with Gasteiger partial charge in [0, 0.05) is 57.5 Å². The normalized spacial score (nSPS) is 19.6. The molecule has 8 heteroatoms. The lowest BCUT2D eigenvalue weighted by molar-refractivity contribution is -0.149.